The van der Waals surface area contributed by atoms with Gasteiger partial charge in [-0.3, -0.25) is 0 Å². The molecule has 0 radical (unpaired) electrons. The van der Waals surface area contributed by atoms with Gasteiger partial charge >= 0.3 is 5.69 Å². The minimum Gasteiger partial charge on any atom is -0.611 e. The Bertz CT molecular complexity index is 842. The molecule has 2 N–H and O–H groups in total. The summed E-state index contributed by atoms with van der Waals surface area (Å²) in [5.41, 5.74) is 0.517. The van der Waals surface area contributed by atoms with Crippen molar-refractivity contribution in [1.82, 2.24) is 19.6 Å². The maximum absolute atomic E-state index is 11.9. The molecule has 0 aliphatic heterocycles. The van der Waals surface area contributed by atoms with E-state index in [1.54, 1.807) is 18.2 Å². The van der Waals surface area contributed by atoms with Crippen LogP contribution < -0.4 is 5.69 Å². The summed E-state index contributed by atoms with van der Waals surface area (Å²) in [6.45, 7) is 1.49. The van der Waals surface area contributed by atoms with Gasteiger partial charge in [0.05, 0.1) is 5.52 Å². The molecule has 1 atom stereocenters. The van der Waals surface area contributed by atoms with Crippen molar-refractivity contribution in [3.05, 3.63) is 34.5 Å². The first-order valence-corrected chi connectivity index (χ1v) is 7.37. The third-order valence-electron chi connectivity index (χ3n) is 2.98. The van der Waals surface area contributed by atoms with E-state index in [9.17, 15) is 9.35 Å². The lowest BCUT2D eigenvalue weighted by Gasteiger charge is -2.08. The number of hydrogen-bond acceptors (Lipinski definition) is 5. The third-order valence-corrected chi connectivity index (χ3v) is 4.29. The maximum atomic E-state index is 11.9. The Morgan fingerprint density at radius 2 is 2.30 bits per heavy atom. The first kappa shape index (κ1) is 13.1. The van der Waals surface area contributed by atoms with Gasteiger partial charge in [-0.1, -0.05) is 0 Å². The lowest BCUT2D eigenvalue weighted by atomic mass is 10.2. The molecule has 2 heterocycles. The number of aromatic amines is 1. The highest BCUT2D eigenvalue weighted by Gasteiger charge is 2.14. The van der Waals surface area contributed by atoms with Crippen LogP contribution in [0.4, 0.5) is 0 Å². The van der Waals surface area contributed by atoms with E-state index in [4.69, 9.17) is 5.11 Å². The topological polar surface area (TPSA) is 106 Å². The van der Waals surface area contributed by atoms with Crippen molar-refractivity contribution in [2.75, 3.05) is 5.75 Å². The normalized spacial score (nSPS) is 13.2. The Balaban J connectivity index is 2.37. The van der Waals surface area contributed by atoms with E-state index >= 15 is 0 Å². The molecule has 0 saturated heterocycles. The number of H-pyrrole nitrogens is 1. The highest BCUT2D eigenvalue weighted by atomic mass is 32.2. The molecule has 1 unspecified atom stereocenters. The zero-order valence-electron chi connectivity index (χ0n) is 10.7. The van der Waals surface area contributed by atoms with Crippen LogP contribution in [0.1, 0.15) is 12.7 Å². The van der Waals surface area contributed by atoms with Crippen molar-refractivity contribution in [2.45, 2.75) is 18.4 Å². The summed E-state index contributed by atoms with van der Waals surface area (Å²) in [7, 11) is 0. The summed E-state index contributed by atoms with van der Waals surface area (Å²) in [5.74, 6) is 0.685. The molecular weight excluding hydrogens is 280 g/mol. The van der Waals surface area contributed by atoms with Crippen LogP contribution in [0.3, 0.4) is 0 Å². The molecule has 3 rings (SSSR count). The van der Waals surface area contributed by atoms with Gasteiger partial charge in [0.15, 0.2) is 16.4 Å². The summed E-state index contributed by atoms with van der Waals surface area (Å²) >= 11 is -1.09. The molecule has 7 nitrogen and oxygen atoms in total. The van der Waals surface area contributed by atoms with Gasteiger partial charge in [-0.05, 0) is 30.2 Å². The number of nitrogens with one attached hydrogen (secondary N) is 1. The molecule has 1 aromatic carbocycles. The van der Waals surface area contributed by atoms with E-state index in [1.807, 2.05) is 6.92 Å². The zero-order chi connectivity index (χ0) is 14.3. The first-order chi connectivity index (χ1) is 9.63. The second-order valence-corrected chi connectivity index (χ2v) is 5.93. The fourth-order valence-corrected chi connectivity index (χ4v) is 2.83. The van der Waals surface area contributed by atoms with Crippen molar-refractivity contribution in [2.24, 2.45) is 0 Å². The molecule has 0 saturated carbocycles. The van der Waals surface area contributed by atoms with Gasteiger partial charge in [-0.2, -0.15) is 4.52 Å². The van der Waals surface area contributed by atoms with E-state index in [0.29, 0.717) is 27.2 Å². The summed E-state index contributed by atoms with van der Waals surface area (Å²) in [6.07, 6.45) is 0. The molecule has 0 fully saturated rings. The van der Waals surface area contributed by atoms with E-state index in [1.165, 1.54) is 0 Å². The zero-order valence-corrected chi connectivity index (χ0v) is 11.5. The predicted octanol–water partition coefficient (Wildman–Crippen LogP) is 0.191. The Kier molecular flexibility index (Phi) is 3.20. The van der Waals surface area contributed by atoms with Crippen LogP contribution in [-0.2, 0) is 17.8 Å². The molecule has 3 aromatic rings. The summed E-state index contributed by atoms with van der Waals surface area (Å²) < 4.78 is 13.0. The smallest absolute Gasteiger partial charge is 0.348 e. The van der Waals surface area contributed by atoms with E-state index in [-0.39, 0.29) is 12.4 Å². The average Bonchev–Trinajstić information content (AvgIpc) is 2.91. The van der Waals surface area contributed by atoms with Crippen LogP contribution in [0.15, 0.2) is 27.9 Å². The van der Waals surface area contributed by atoms with Crippen LogP contribution in [0, 0.1) is 0 Å². The Morgan fingerprint density at radius 3 is 3.00 bits per heavy atom. The number of aliphatic hydroxyl groups is 1. The van der Waals surface area contributed by atoms with E-state index < -0.39 is 16.9 Å². The monoisotopic (exact) mass is 292 g/mol. The minimum absolute atomic E-state index is 0.171. The SMILES string of the molecule is CC[S+]([O-])c1ccc2[nH]c(=O)n3nc(CO)nc3c2c1. The minimum atomic E-state index is -1.09. The molecule has 0 amide bonds. The fourth-order valence-electron chi connectivity index (χ4n) is 2.03. The van der Waals surface area contributed by atoms with Gasteiger partial charge in [0.1, 0.15) is 12.4 Å². The van der Waals surface area contributed by atoms with Crippen LogP contribution >= 0.6 is 0 Å². The van der Waals surface area contributed by atoms with Crippen molar-refractivity contribution in [3.63, 3.8) is 0 Å². The van der Waals surface area contributed by atoms with Gasteiger partial charge in [0, 0.05) is 11.5 Å². The molecule has 20 heavy (non-hydrogen) atoms. The number of aliphatic hydroxyl groups excluding tert-OH is 1. The maximum Gasteiger partial charge on any atom is 0.348 e. The predicted molar refractivity (Wildman–Crippen MR) is 74.0 cm³/mol. The van der Waals surface area contributed by atoms with Crippen molar-refractivity contribution in [3.8, 4) is 0 Å². The quantitative estimate of drug-likeness (QED) is 0.670. The number of rotatable bonds is 3. The largest absolute Gasteiger partial charge is 0.611 e. The van der Waals surface area contributed by atoms with E-state index in [2.05, 4.69) is 15.1 Å². The van der Waals surface area contributed by atoms with Gasteiger partial charge in [-0.25, -0.2) is 9.78 Å². The molecule has 2 aromatic heterocycles. The summed E-state index contributed by atoms with van der Waals surface area (Å²) in [4.78, 5) is 19.3. The molecule has 0 aliphatic carbocycles. The number of benzene rings is 1. The van der Waals surface area contributed by atoms with Gasteiger partial charge in [0.25, 0.3) is 0 Å². The van der Waals surface area contributed by atoms with Crippen molar-refractivity contribution >= 4 is 27.7 Å². The van der Waals surface area contributed by atoms with E-state index in [0.717, 1.165) is 4.52 Å². The van der Waals surface area contributed by atoms with Crippen LogP contribution in [-0.4, -0.2) is 35.0 Å². The lowest BCUT2D eigenvalue weighted by molar-refractivity contribution is 0.271. The van der Waals surface area contributed by atoms with Crippen LogP contribution in [0.25, 0.3) is 16.6 Å². The number of aromatic nitrogens is 4. The van der Waals surface area contributed by atoms with Crippen molar-refractivity contribution in [1.29, 1.82) is 0 Å². The Hall–Kier alpha value is -1.90. The standard InChI is InChI=1S/C12H12N4O3S/c1-2-20(19)7-3-4-9-8(5-7)11-14-10(6-17)15-16(11)12(18)13-9/h3-5,17H,2,6H2,1H3,(H,13,18). The number of nitrogens with zero attached hydrogens (tertiary/aromatic N) is 3. The molecule has 0 spiro atoms. The Labute approximate surface area is 116 Å². The van der Waals surface area contributed by atoms with Gasteiger partial charge in [-0.15, -0.1) is 5.10 Å². The molecule has 0 bridgehead atoms. The molecule has 104 valence electrons. The second-order valence-electron chi connectivity index (χ2n) is 4.19. The second kappa shape index (κ2) is 4.89. The third kappa shape index (κ3) is 1.98. The van der Waals surface area contributed by atoms with Crippen molar-refractivity contribution < 1.29 is 9.66 Å². The first-order valence-electron chi connectivity index (χ1n) is 6.05. The fraction of sp³-hybridized carbons (Fsp3) is 0.250. The lowest BCUT2D eigenvalue weighted by Crippen LogP contribution is -2.17. The average molecular weight is 292 g/mol. The number of fused-ring (bicyclic) bond motifs is 3. The highest BCUT2D eigenvalue weighted by molar-refractivity contribution is 7.91. The Morgan fingerprint density at radius 1 is 1.50 bits per heavy atom. The summed E-state index contributed by atoms with van der Waals surface area (Å²) in [5, 5.41) is 13.6. The molecular formula is C12H12N4O3S. The molecule has 0 aliphatic rings. The van der Waals surface area contributed by atoms with Gasteiger partial charge in [0.2, 0.25) is 0 Å². The highest BCUT2D eigenvalue weighted by Crippen LogP contribution is 2.20. The van der Waals surface area contributed by atoms with Gasteiger partial charge < -0.3 is 14.6 Å². The van der Waals surface area contributed by atoms with Crippen LogP contribution in [0.2, 0.25) is 0 Å². The van der Waals surface area contributed by atoms with Crippen LogP contribution in [0.5, 0.6) is 0 Å². The summed E-state index contributed by atoms with van der Waals surface area (Å²) in [6, 6.07) is 5.15. The molecule has 8 heteroatoms. The number of hydrogen-bond donors (Lipinski definition) is 2.